The molecule has 0 saturated heterocycles. The molecule has 18 heavy (non-hydrogen) atoms. The molecule has 96 valence electrons. The third-order valence-corrected chi connectivity index (χ3v) is 3.92. The van der Waals surface area contributed by atoms with Crippen molar-refractivity contribution in [3.05, 3.63) is 28.6 Å². The minimum Gasteiger partial charge on any atom is -0.158 e. The number of aromatic nitrogens is 3. The summed E-state index contributed by atoms with van der Waals surface area (Å²) in [7, 11) is 0. The Labute approximate surface area is 108 Å². The Morgan fingerprint density at radius 3 is 2.44 bits per heavy atom. The summed E-state index contributed by atoms with van der Waals surface area (Å²) in [5.74, 6) is 0.667. The minimum absolute atomic E-state index is 0.125. The molecule has 1 fully saturated rings. The standard InChI is InChI=1S/C15H21N3/c1-9-8-16-18-14(10(9)2)12(15(3,4)5)13(17-18)11-6-7-11/h8,11H,6-7H2,1-5H3. The molecular weight excluding hydrogens is 222 g/mol. The Hall–Kier alpha value is -1.38. The third kappa shape index (κ3) is 1.64. The number of aryl methyl sites for hydroxylation is 2. The summed E-state index contributed by atoms with van der Waals surface area (Å²) in [6.07, 6.45) is 4.48. The van der Waals surface area contributed by atoms with Crippen LogP contribution >= 0.6 is 0 Å². The van der Waals surface area contributed by atoms with E-state index in [1.54, 1.807) is 0 Å². The van der Waals surface area contributed by atoms with Crippen LogP contribution in [0, 0.1) is 13.8 Å². The van der Waals surface area contributed by atoms with Gasteiger partial charge in [-0.05, 0) is 43.2 Å². The Kier molecular flexibility index (Phi) is 2.31. The van der Waals surface area contributed by atoms with Crippen molar-refractivity contribution >= 4 is 5.52 Å². The van der Waals surface area contributed by atoms with Crippen molar-refractivity contribution in [2.24, 2.45) is 0 Å². The van der Waals surface area contributed by atoms with Crippen molar-refractivity contribution in [1.82, 2.24) is 14.8 Å². The van der Waals surface area contributed by atoms with Crippen LogP contribution in [0.4, 0.5) is 0 Å². The van der Waals surface area contributed by atoms with Crippen LogP contribution in [-0.4, -0.2) is 14.8 Å². The van der Waals surface area contributed by atoms with Crippen molar-refractivity contribution in [1.29, 1.82) is 0 Å². The predicted octanol–water partition coefficient (Wildman–Crippen LogP) is 3.52. The Morgan fingerprint density at radius 1 is 1.22 bits per heavy atom. The van der Waals surface area contributed by atoms with Crippen molar-refractivity contribution in [3.8, 4) is 0 Å². The average molecular weight is 243 g/mol. The molecular formula is C15H21N3. The second-order valence-electron chi connectivity index (χ2n) is 6.58. The van der Waals surface area contributed by atoms with E-state index in [1.807, 2.05) is 10.8 Å². The van der Waals surface area contributed by atoms with Crippen LogP contribution in [0.2, 0.25) is 0 Å². The van der Waals surface area contributed by atoms with E-state index >= 15 is 0 Å². The Balaban J connectivity index is 2.39. The summed E-state index contributed by atoms with van der Waals surface area (Å²) in [6.45, 7) is 11.1. The molecule has 3 nitrogen and oxygen atoms in total. The second-order valence-corrected chi connectivity index (χ2v) is 6.58. The highest BCUT2D eigenvalue weighted by Crippen LogP contribution is 2.45. The smallest absolute Gasteiger partial charge is 0.0945 e. The van der Waals surface area contributed by atoms with Crippen molar-refractivity contribution in [3.63, 3.8) is 0 Å². The second kappa shape index (κ2) is 3.56. The van der Waals surface area contributed by atoms with E-state index < -0.39 is 0 Å². The summed E-state index contributed by atoms with van der Waals surface area (Å²) < 4.78 is 1.84. The van der Waals surface area contributed by atoms with Crippen LogP contribution in [0.15, 0.2) is 6.20 Å². The van der Waals surface area contributed by atoms with Gasteiger partial charge >= 0.3 is 0 Å². The van der Waals surface area contributed by atoms with Crippen LogP contribution in [0.3, 0.4) is 0 Å². The third-order valence-electron chi connectivity index (χ3n) is 3.92. The van der Waals surface area contributed by atoms with Crippen LogP contribution < -0.4 is 0 Å². The first kappa shape index (κ1) is 11.7. The fourth-order valence-electron chi connectivity index (χ4n) is 2.65. The lowest BCUT2D eigenvalue weighted by Crippen LogP contribution is -2.14. The summed E-state index contributed by atoms with van der Waals surface area (Å²) in [6, 6.07) is 0. The SMILES string of the molecule is Cc1cnn2nc(C3CC3)c(C(C)(C)C)c2c1C. The maximum atomic E-state index is 4.75. The molecule has 0 aliphatic heterocycles. The highest BCUT2D eigenvalue weighted by molar-refractivity contribution is 5.66. The van der Waals surface area contributed by atoms with Gasteiger partial charge < -0.3 is 0 Å². The first-order chi connectivity index (χ1) is 8.39. The maximum absolute atomic E-state index is 4.75. The number of nitrogens with zero attached hydrogens (tertiary/aromatic N) is 3. The Bertz CT molecular complexity index is 613. The molecule has 1 saturated carbocycles. The largest absolute Gasteiger partial charge is 0.158 e. The average Bonchev–Trinajstić information content (AvgIpc) is 3.03. The van der Waals surface area contributed by atoms with Gasteiger partial charge in [0.1, 0.15) is 0 Å². The quantitative estimate of drug-likeness (QED) is 0.767. The molecule has 1 aliphatic carbocycles. The van der Waals surface area contributed by atoms with E-state index in [9.17, 15) is 0 Å². The van der Waals surface area contributed by atoms with Crippen LogP contribution in [0.1, 0.15) is 61.9 Å². The predicted molar refractivity (Wildman–Crippen MR) is 73.1 cm³/mol. The number of hydrogen-bond acceptors (Lipinski definition) is 2. The molecule has 2 aromatic rings. The summed E-state index contributed by atoms with van der Waals surface area (Å²) in [5, 5.41) is 9.20. The zero-order valence-corrected chi connectivity index (χ0v) is 11.9. The normalized spacial score (nSPS) is 16.5. The molecule has 0 radical (unpaired) electrons. The molecule has 3 heteroatoms. The van der Waals surface area contributed by atoms with E-state index in [1.165, 1.54) is 40.7 Å². The molecule has 0 N–H and O–H groups in total. The fourth-order valence-corrected chi connectivity index (χ4v) is 2.65. The monoisotopic (exact) mass is 243 g/mol. The van der Waals surface area contributed by atoms with Gasteiger partial charge in [-0.3, -0.25) is 0 Å². The van der Waals surface area contributed by atoms with Gasteiger partial charge in [0.05, 0.1) is 17.4 Å². The van der Waals surface area contributed by atoms with Gasteiger partial charge in [-0.1, -0.05) is 20.8 Å². The number of fused-ring (bicyclic) bond motifs is 1. The molecule has 2 aromatic heterocycles. The van der Waals surface area contributed by atoms with Crippen LogP contribution in [0.5, 0.6) is 0 Å². The summed E-state index contributed by atoms with van der Waals surface area (Å²) >= 11 is 0. The van der Waals surface area contributed by atoms with E-state index in [-0.39, 0.29) is 5.41 Å². The topological polar surface area (TPSA) is 30.2 Å². The van der Waals surface area contributed by atoms with Crippen molar-refractivity contribution in [2.45, 2.75) is 58.8 Å². The number of hydrogen-bond donors (Lipinski definition) is 0. The highest BCUT2D eigenvalue weighted by Gasteiger charge is 2.35. The molecule has 0 atom stereocenters. The molecule has 0 aromatic carbocycles. The van der Waals surface area contributed by atoms with E-state index in [0.717, 1.165) is 0 Å². The van der Waals surface area contributed by atoms with Gasteiger partial charge in [0.25, 0.3) is 0 Å². The lowest BCUT2D eigenvalue weighted by molar-refractivity contribution is 0.587. The molecule has 0 unspecified atom stereocenters. The molecule has 3 rings (SSSR count). The first-order valence-electron chi connectivity index (χ1n) is 6.75. The zero-order chi connectivity index (χ0) is 13.1. The van der Waals surface area contributed by atoms with Crippen molar-refractivity contribution in [2.75, 3.05) is 0 Å². The van der Waals surface area contributed by atoms with E-state index in [0.29, 0.717) is 5.92 Å². The number of rotatable bonds is 1. The van der Waals surface area contributed by atoms with Gasteiger partial charge in [0, 0.05) is 11.5 Å². The van der Waals surface area contributed by atoms with E-state index in [4.69, 9.17) is 5.10 Å². The summed E-state index contributed by atoms with van der Waals surface area (Å²) in [5.41, 5.74) is 6.59. The first-order valence-corrected chi connectivity index (χ1v) is 6.75. The molecule has 0 spiro atoms. The fraction of sp³-hybridized carbons (Fsp3) is 0.600. The van der Waals surface area contributed by atoms with Crippen LogP contribution in [-0.2, 0) is 5.41 Å². The zero-order valence-electron chi connectivity index (χ0n) is 11.9. The Morgan fingerprint density at radius 2 is 1.89 bits per heavy atom. The lowest BCUT2D eigenvalue weighted by atomic mass is 9.84. The molecule has 1 aliphatic rings. The maximum Gasteiger partial charge on any atom is 0.0945 e. The van der Waals surface area contributed by atoms with Gasteiger partial charge in [-0.25, -0.2) is 0 Å². The van der Waals surface area contributed by atoms with Gasteiger partial charge in [-0.2, -0.15) is 14.8 Å². The van der Waals surface area contributed by atoms with Crippen molar-refractivity contribution < 1.29 is 0 Å². The van der Waals surface area contributed by atoms with E-state index in [2.05, 4.69) is 39.7 Å². The summed E-state index contributed by atoms with van der Waals surface area (Å²) in [4.78, 5) is 0. The van der Waals surface area contributed by atoms with Gasteiger partial charge in [0.2, 0.25) is 0 Å². The van der Waals surface area contributed by atoms with Crippen LogP contribution in [0.25, 0.3) is 5.52 Å². The molecule has 2 heterocycles. The molecule has 0 amide bonds. The van der Waals surface area contributed by atoms with Gasteiger partial charge in [-0.15, -0.1) is 0 Å². The molecule has 0 bridgehead atoms. The van der Waals surface area contributed by atoms with Gasteiger partial charge in [0.15, 0.2) is 0 Å². The highest BCUT2D eigenvalue weighted by atomic mass is 15.4. The minimum atomic E-state index is 0.125. The lowest BCUT2D eigenvalue weighted by Gasteiger charge is -2.20.